The number of aryl methyl sites for hydroxylation is 2. The van der Waals surface area contributed by atoms with Gasteiger partial charge in [0.15, 0.2) is 0 Å². The SMILES string of the molecule is CCc1ccc2c(CC3CCN(C(=O)OC(C)(C)C)CC3)c(C(=O)NCc3ccc(OC)cc3)c(C)nn12. The van der Waals surface area contributed by atoms with Crippen molar-refractivity contribution in [2.45, 2.75) is 72.4 Å². The largest absolute Gasteiger partial charge is 0.497 e. The molecular weight excluding hydrogens is 480 g/mol. The van der Waals surface area contributed by atoms with Crippen LogP contribution in [0.5, 0.6) is 5.75 Å². The molecule has 2 amide bonds. The number of ether oxygens (including phenoxy) is 2. The van der Waals surface area contributed by atoms with Gasteiger partial charge in [0.1, 0.15) is 11.4 Å². The zero-order valence-corrected chi connectivity index (χ0v) is 23.5. The van der Waals surface area contributed by atoms with E-state index in [1.165, 1.54) is 0 Å². The highest BCUT2D eigenvalue weighted by Gasteiger charge is 2.29. The maximum atomic E-state index is 13.6. The summed E-state index contributed by atoms with van der Waals surface area (Å²) in [6, 6.07) is 11.9. The van der Waals surface area contributed by atoms with Gasteiger partial charge < -0.3 is 19.7 Å². The number of aromatic nitrogens is 2. The van der Waals surface area contributed by atoms with Crippen LogP contribution < -0.4 is 10.1 Å². The number of amides is 2. The Bertz CT molecular complexity index is 1280. The molecule has 38 heavy (non-hydrogen) atoms. The van der Waals surface area contributed by atoms with E-state index < -0.39 is 5.60 Å². The quantitative estimate of drug-likeness (QED) is 0.455. The maximum absolute atomic E-state index is 13.6. The molecule has 4 rings (SSSR count). The first-order valence-electron chi connectivity index (χ1n) is 13.5. The number of hydrogen-bond donors (Lipinski definition) is 1. The molecule has 8 nitrogen and oxygen atoms in total. The van der Waals surface area contributed by atoms with Crippen molar-refractivity contribution in [3.8, 4) is 5.75 Å². The van der Waals surface area contributed by atoms with Gasteiger partial charge in [-0.3, -0.25) is 4.79 Å². The van der Waals surface area contributed by atoms with Crippen LogP contribution >= 0.6 is 0 Å². The van der Waals surface area contributed by atoms with Crippen LogP contribution in [0.3, 0.4) is 0 Å². The molecule has 3 heterocycles. The van der Waals surface area contributed by atoms with E-state index in [0.29, 0.717) is 31.1 Å². The highest BCUT2D eigenvalue weighted by molar-refractivity contribution is 5.98. The number of fused-ring (bicyclic) bond motifs is 1. The molecule has 1 saturated heterocycles. The third kappa shape index (κ3) is 6.29. The predicted molar refractivity (Wildman–Crippen MR) is 148 cm³/mol. The minimum absolute atomic E-state index is 0.117. The minimum Gasteiger partial charge on any atom is -0.497 e. The highest BCUT2D eigenvalue weighted by atomic mass is 16.6. The van der Waals surface area contributed by atoms with E-state index in [-0.39, 0.29) is 12.0 Å². The average Bonchev–Trinajstić information content (AvgIpc) is 3.29. The molecule has 1 fully saturated rings. The van der Waals surface area contributed by atoms with E-state index in [1.54, 1.807) is 12.0 Å². The van der Waals surface area contributed by atoms with Crippen molar-refractivity contribution < 1.29 is 19.1 Å². The van der Waals surface area contributed by atoms with Crippen LogP contribution in [0.2, 0.25) is 0 Å². The van der Waals surface area contributed by atoms with Gasteiger partial charge in [-0.1, -0.05) is 19.1 Å². The Labute approximate surface area is 225 Å². The molecule has 3 aromatic rings. The lowest BCUT2D eigenvalue weighted by Gasteiger charge is -2.33. The van der Waals surface area contributed by atoms with E-state index >= 15 is 0 Å². The lowest BCUT2D eigenvalue weighted by atomic mass is 9.88. The van der Waals surface area contributed by atoms with E-state index in [1.807, 2.05) is 56.5 Å². The van der Waals surface area contributed by atoms with Gasteiger partial charge in [0.25, 0.3) is 5.91 Å². The summed E-state index contributed by atoms with van der Waals surface area (Å²) in [5.74, 6) is 1.02. The lowest BCUT2D eigenvalue weighted by molar-refractivity contribution is 0.0184. The molecule has 1 aliphatic rings. The van der Waals surface area contributed by atoms with Gasteiger partial charge in [0, 0.05) is 25.3 Å². The molecule has 2 aromatic heterocycles. The zero-order chi connectivity index (χ0) is 27.4. The van der Waals surface area contributed by atoms with Crippen molar-refractivity contribution >= 4 is 17.5 Å². The molecule has 1 N–H and O–H groups in total. The summed E-state index contributed by atoms with van der Waals surface area (Å²) in [6.07, 6.45) is 3.09. The van der Waals surface area contributed by atoms with Crippen LogP contribution in [0.4, 0.5) is 4.79 Å². The maximum Gasteiger partial charge on any atom is 0.410 e. The Hall–Kier alpha value is -3.55. The molecule has 1 aromatic carbocycles. The molecule has 0 radical (unpaired) electrons. The van der Waals surface area contributed by atoms with Crippen LogP contribution in [0, 0.1) is 12.8 Å². The molecule has 0 spiro atoms. The first-order valence-corrected chi connectivity index (χ1v) is 13.5. The second kappa shape index (κ2) is 11.5. The fourth-order valence-corrected chi connectivity index (χ4v) is 5.09. The minimum atomic E-state index is -0.506. The van der Waals surface area contributed by atoms with Crippen LogP contribution in [-0.2, 0) is 24.1 Å². The van der Waals surface area contributed by atoms with Crippen molar-refractivity contribution in [1.82, 2.24) is 19.8 Å². The number of nitrogens with zero attached hydrogens (tertiary/aromatic N) is 3. The van der Waals surface area contributed by atoms with Gasteiger partial charge in [-0.25, -0.2) is 9.31 Å². The normalized spacial score (nSPS) is 14.5. The molecule has 0 unspecified atom stereocenters. The van der Waals surface area contributed by atoms with E-state index in [9.17, 15) is 9.59 Å². The molecule has 204 valence electrons. The second-order valence-electron chi connectivity index (χ2n) is 11.1. The first-order chi connectivity index (χ1) is 18.1. The standard InChI is InChI=1S/C30H40N4O4/c1-7-23-10-13-26-25(18-21-14-16-33(17-15-21)29(36)38-30(3,4)5)27(20(2)32-34(23)26)28(35)31-19-22-8-11-24(37-6)12-9-22/h8-13,21H,7,14-19H2,1-6H3,(H,31,35). The fraction of sp³-hybridized carbons (Fsp3) is 0.500. The van der Waals surface area contributed by atoms with Gasteiger partial charge in [-0.2, -0.15) is 5.10 Å². The molecule has 0 bridgehead atoms. The number of piperidine rings is 1. The monoisotopic (exact) mass is 520 g/mol. The number of nitrogens with one attached hydrogen (secondary N) is 1. The van der Waals surface area contributed by atoms with Gasteiger partial charge in [-0.05, 0) is 94.7 Å². The van der Waals surface area contributed by atoms with Gasteiger partial charge in [0.05, 0.1) is 23.9 Å². The Balaban J connectivity index is 1.55. The number of benzene rings is 1. The van der Waals surface area contributed by atoms with Crippen molar-refractivity contribution in [2.24, 2.45) is 5.92 Å². The van der Waals surface area contributed by atoms with E-state index in [2.05, 4.69) is 24.4 Å². The summed E-state index contributed by atoms with van der Waals surface area (Å²) in [4.78, 5) is 27.9. The van der Waals surface area contributed by atoms with Crippen LogP contribution in [0.15, 0.2) is 36.4 Å². The Morgan fingerprint density at radius 1 is 1.08 bits per heavy atom. The second-order valence-corrected chi connectivity index (χ2v) is 11.1. The number of hydrogen-bond acceptors (Lipinski definition) is 5. The Morgan fingerprint density at radius 2 is 1.76 bits per heavy atom. The third-order valence-electron chi connectivity index (χ3n) is 7.12. The van der Waals surface area contributed by atoms with Gasteiger partial charge in [0.2, 0.25) is 0 Å². The number of likely N-dealkylation sites (tertiary alicyclic amines) is 1. The number of carbonyl (C=O) groups excluding carboxylic acids is 2. The highest BCUT2D eigenvalue weighted by Crippen LogP contribution is 2.29. The summed E-state index contributed by atoms with van der Waals surface area (Å²) in [7, 11) is 1.64. The summed E-state index contributed by atoms with van der Waals surface area (Å²) in [6.45, 7) is 11.4. The molecule has 1 aliphatic heterocycles. The summed E-state index contributed by atoms with van der Waals surface area (Å²) in [5, 5.41) is 7.90. The van der Waals surface area contributed by atoms with E-state index in [0.717, 1.165) is 59.5 Å². The lowest BCUT2D eigenvalue weighted by Crippen LogP contribution is -2.42. The Morgan fingerprint density at radius 3 is 2.37 bits per heavy atom. The zero-order valence-electron chi connectivity index (χ0n) is 23.5. The van der Waals surface area contributed by atoms with E-state index in [4.69, 9.17) is 14.6 Å². The number of methoxy groups -OCH3 is 1. The van der Waals surface area contributed by atoms with Crippen LogP contribution in [0.1, 0.15) is 73.4 Å². The molecule has 0 atom stereocenters. The van der Waals surface area contributed by atoms with Gasteiger partial charge in [-0.15, -0.1) is 0 Å². The molecular formula is C30H40N4O4. The molecule has 0 saturated carbocycles. The third-order valence-corrected chi connectivity index (χ3v) is 7.12. The summed E-state index contributed by atoms with van der Waals surface area (Å²) in [5.41, 5.74) is 5.00. The van der Waals surface area contributed by atoms with Gasteiger partial charge >= 0.3 is 6.09 Å². The Kier molecular flexibility index (Phi) is 8.29. The smallest absolute Gasteiger partial charge is 0.410 e. The molecule has 0 aliphatic carbocycles. The average molecular weight is 521 g/mol. The number of rotatable bonds is 7. The topological polar surface area (TPSA) is 85.2 Å². The van der Waals surface area contributed by atoms with Crippen LogP contribution in [-0.4, -0.2) is 52.3 Å². The van der Waals surface area contributed by atoms with Crippen molar-refractivity contribution in [1.29, 1.82) is 0 Å². The molecule has 8 heteroatoms. The summed E-state index contributed by atoms with van der Waals surface area (Å²) >= 11 is 0. The fourth-order valence-electron chi connectivity index (χ4n) is 5.09. The van der Waals surface area contributed by atoms with Crippen LogP contribution in [0.25, 0.3) is 5.52 Å². The summed E-state index contributed by atoms with van der Waals surface area (Å²) < 4.78 is 12.8. The predicted octanol–water partition coefficient (Wildman–Crippen LogP) is 5.33. The number of carbonyl (C=O) groups is 2. The van der Waals surface area contributed by atoms with Crippen molar-refractivity contribution in [3.63, 3.8) is 0 Å². The van der Waals surface area contributed by atoms with Crippen molar-refractivity contribution in [2.75, 3.05) is 20.2 Å². The first kappa shape index (κ1) is 27.5. The van der Waals surface area contributed by atoms with Crippen molar-refractivity contribution in [3.05, 3.63) is 64.5 Å².